The van der Waals surface area contributed by atoms with Crippen LogP contribution in [0.4, 0.5) is 0 Å². The van der Waals surface area contributed by atoms with Crippen molar-refractivity contribution in [3.05, 3.63) is 46.5 Å². The summed E-state index contributed by atoms with van der Waals surface area (Å²) in [5.41, 5.74) is 3.53. The summed E-state index contributed by atoms with van der Waals surface area (Å²) in [5.74, 6) is 1.47. The first-order chi connectivity index (χ1) is 8.88. The minimum Gasteiger partial charge on any atom is -0.508 e. The number of benzene rings is 2. The standard InChI is InChI=1S/C16H18O3/c1-9-5-10(2)16(14(18)6-9)19-15-11(3)7-13(17)8-12(15)4/h5-8,17-18H,1-4H3. The summed E-state index contributed by atoms with van der Waals surface area (Å²) < 4.78 is 5.85. The number of hydrogen-bond donors (Lipinski definition) is 2. The summed E-state index contributed by atoms with van der Waals surface area (Å²) in [4.78, 5) is 0. The quantitative estimate of drug-likeness (QED) is 0.851. The van der Waals surface area contributed by atoms with Gasteiger partial charge in [-0.15, -0.1) is 0 Å². The highest BCUT2D eigenvalue weighted by Gasteiger charge is 2.13. The minimum absolute atomic E-state index is 0.129. The van der Waals surface area contributed by atoms with Crippen LogP contribution in [0.2, 0.25) is 0 Å². The van der Waals surface area contributed by atoms with Crippen molar-refractivity contribution in [2.45, 2.75) is 27.7 Å². The van der Waals surface area contributed by atoms with E-state index in [4.69, 9.17) is 4.74 Å². The largest absolute Gasteiger partial charge is 0.508 e. The molecule has 0 unspecified atom stereocenters. The highest BCUT2D eigenvalue weighted by atomic mass is 16.5. The van der Waals surface area contributed by atoms with E-state index in [2.05, 4.69) is 0 Å². The Bertz CT molecular complexity index is 528. The zero-order valence-corrected chi connectivity index (χ0v) is 11.6. The summed E-state index contributed by atoms with van der Waals surface area (Å²) in [5, 5.41) is 19.5. The molecule has 0 aliphatic heterocycles. The highest BCUT2D eigenvalue weighted by Crippen LogP contribution is 2.38. The van der Waals surface area contributed by atoms with Crippen LogP contribution in [0.15, 0.2) is 24.3 Å². The molecule has 0 aliphatic carbocycles. The molecule has 0 amide bonds. The first kappa shape index (κ1) is 13.3. The predicted molar refractivity (Wildman–Crippen MR) is 75.2 cm³/mol. The number of hydrogen-bond acceptors (Lipinski definition) is 3. The second kappa shape index (κ2) is 4.84. The van der Waals surface area contributed by atoms with Gasteiger partial charge in [-0.3, -0.25) is 0 Å². The van der Waals surface area contributed by atoms with Crippen LogP contribution in [-0.4, -0.2) is 10.2 Å². The van der Waals surface area contributed by atoms with Crippen LogP contribution >= 0.6 is 0 Å². The molecule has 3 heteroatoms. The van der Waals surface area contributed by atoms with Crippen LogP contribution in [0.25, 0.3) is 0 Å². The predicted octanol–water partition coefficient (Wildman–Crippen LogP) is 4.12. The maximum Gasteiger partial charge on any atom is 0.171 e. The normalized spacial score (nSPS) is 10.5. The van der Waals surface area contributed by atoms with E-state index in [0.29, 0.717) is 11.5 Å². The lowest BCUT2D eigenvalue weighted by atomic mass is 10.1. The fraction of sp³-hybridized carbons (Fsp3) is 0.250. The van der Waals surface area contributed by atoms with E-state index in [1.807, 2.05) is 33.8 Å². The molecule has 100 valence electrons. The van der Waals surface area contributed by atoms with Gasteiger partial charge in [-0.05, 0) is 68.1 Å². The summed E-state index contributed by atoms with van der Waals surface area (Å²) in [6.45, 7) is 7.55. The molecule has 0 fully saturated rings. The second-order valence-corrected chi connectivity index (χ2v) is 4.94. The van der Waals surface area contributed by atoms with Gasteiger partial charge in [-0.2, -0.15) is 0 Å². The number of phenolic OH excluding ortho intramolecular Hbond substituents is 2. The molecule has 0 heterocycles. The molecule has 0 aromatic heterocycles. The van der Waals surface area contributed by atoms with Crippen molar-refractivity contribution < 1.29 is 14.9 Å². The summed E-state index contributed by atoms with van der Waals surface area (Å²) in [7, 11) is 0. The Kier molecular flexibility index (Phi) is 3.38. The molecule has 2 aromatic rings. The van der Waals surface area contributed by atoms with Crippen molar-refractivity contribution in [3.8, 4) is 23.0 Å². The molecule has 0 atom stereocenters. The molecule has 0 radical (unpaired) electrons. The molecule has 3 nitrogen and oxygen atoms in total. The van der Waals surface area contributed by atoms with E-state index >= 15 is 0 Å². The number of aromatic hydroxyl groups is 2. The van der Waals surface area contributed by atoms with E-state index in [1.165, 1.54) is 0 Å². The lowest BCUT2D eigenvalue weighted by molar-refractivity contribution is 0.404. The van der Waals surface area contributed by atoms with Gasteiger partial charge in [0, 0.05) is 0 Å². The lowest BCUT2D eigenvalue weighted by Gasteiger charge is -2.15. The Morgan fingerprint density at radius 2 is 1.26 bits per heavy atom. The van der Waals surface area contributed by atoms with Crippen molar-refractivity contribution in [1.29, 1.82) is 0 Å². The maximum absolute atomic E-state index is 10.00. The van der Waals surface area contributed by atoms with Gasteiger partial charge >= 0.3 is 0 Å². The third-order valence-corrected chi connectivity index (χ3v) is 3.05. The van der Waals surface area contributed by atoms with Crippen LogP contribution in [-0.2, 0) is 0 Å². The van der Waals surface area contributed by atoms with Gasteiger partial charge in [0.15, 0.2) is 11.5 Å². The molecule has 2 aromatic carbocycles. The first-order valence-corrected chi connectivity index (χ1v) is 6.16. The average molecular weight is 258 g/mol. The zero-order valence-electron chi connectivity index (χ0n) is 11.6. The van der Waals surface area contributed by atoms with Crippen LogP contribution < -0.4 is 4.74 Å². The molecule has 0 saturated carbocycles. The smallest absolute Gasteiger partial charge is 0.171 e. The summed E-state index contributed by atoms with van der Waals surface area (Å²) >= 11 is 0. The van der Waals surface area contributed by atoms with Gasteiger partial charge < -0.3 is 14.9 Å². The van der Waals surface area contributed by atoms with Crippen molar-refractivity contribution in [2.24, 2.45) is 0 Å². The number of phenols is 2. The van der Waals surface area contributed by atoms with Crippen LogP contribution in [0, 0.1) is 27.7 Å². The Morgan fingerprint density at radius 1 is 0.737 bits per heavy atom. The number of ether oxygens (including phenoxy) is 1. The molecule has 0 aliphatic rings. The number of rotatable bonds is 2. The van der Waals surface area contributed by atoms with Crippen LogP contribution in [0.1, 0.15) is 22.3 Å². The van der Waals surface area contributed by atoms with E-state index in [-0.39, 0.29) is 11.5 Å². The fourth-order valence-corrected chi connectivity index (χ4v) is 2.26. The highest BCUT2D eigenvalue weighted by molar-refractivity contribution is 5.53. The van der Waals surface area contributed by atoms with Gasteiger partial charge in [0.1, 0.15) is 11.5 Å². The molecular formula is C16H18O3. The molecule has 19 heavy (non-hydrogen) atoms. The topological polar surface area (TPSA) is 49.7 Å². The first-order valence-electron chi connectivity index (χ1n) is 6.16. The Morgan fingerprint density at radius 3 is 1.79 bits per heavy atom. The van der Waals surface area contributed by atoms with Crippen LogP contribution in [0.3, 0.4) is 0 Å². The van der Waals surface area contributed by atoms with Crippen molar-refractivity contribution in [2.75, 3.05) is 0 Å². The molecular weight excluding hydrogens is 240 g/mol. The van der Waals surface area contributed by atoms with E-state index < -0.39 is 0 Å². The SMILES string of the molecule is Cc1cc(C)c(Oc2c(C)cc(O)cc2C)c(O)c1. The molecule has 2 rings (SSSR count). The molecule has 0 saturated heterocycles. The van der Waals surface area contributed by atoms with Crippen molar-refractivity contribution >= 4 is 0 Å². The summed E-state index contributed by atoms with van der Waals surface area (Å²) in [6, 6.07) is 6.92. The third-order valence-electron chi connectivity index (χ3n) is 3.05. The minimum atomic E-state index is 0.129. The number of aryl methyl sites for hydroxylation is 4. The van der Waals surface area contributed by atoms with E-state index in [1.54, 1.807) is 18.2 Å². The molecule has 2 N–H and O–H groups in total. The third kappa shape index (κ3) is 2.65. The van der Waals surface area contributed by atoms with Gasteiger partial charge in [0.25, 0.3) is 0 Å². The van der Waals surface area contributed by atoms with Gasteiger partial charge in [0.05, 0.1) is 0 Å². The molecule has 0 spiro atoms. The second-order valence-electron chi connectivity index (χ2n) is 4.94. The lowest BCUT2D eigenvalue weighted by Crippen LogP contribution is -1.94. The Balaban J connectivity index is 2.48. The van der Waals surface area contributed by atoms with Crippen LogP contribution in [0.5, 0.6) is 23.0 Å². The summed E-state index contributed by atoms with van der Waals surface area (Å²) in [6.07, 6.45) is 0. The molecule has 0 bridgehead atoms. The average Bonchev–Trinajstić information content (AvgIpc) is 2.25. The Labute approximate surface area is 113 Å². The monoisotopic (exact) mass is 258 g/mol. The van der Waals surface area contributed by atoms with Gasteiger partial charge in [-0.25, -0.2) is 0 Å². The maximum atomic E-state index is 10.00. The van der Waals surface area contributed by atoms with E-state index in [0.717, 1.165) is 22.3 Å². The Hall–Kier alpha value is -2.16. The fourth-order valence-electron chi connectivity index (χ4n) is 2.26. The zero-order chi connectivity index (χ0) is 14.2. The van der Waals surface area contributed by atoms with Crippen molar-refractivity contribution in [3.63, 3.8) is 0 Å². The van der Waals surface area contributed by atoms with Gasteiger partial charge in [0.2, 0.25) is 0 Å². The van der Waals surface area contributed by atoms with Crippen molar-refractivity contribution in [1.82, 2.24) is 0 Å². The van der Waals surface area contributed by atoms with Gasteiger partial charge in [-0.1, -0.05) is 6.07 Å². The van der Waals surface area contributed by atoms with E-state index in [9.17, 15) is 10.2 Å².